The van der Waals surface area contributed by atoms with E-state index in [2.05, 4.69) is 49.3 Å². The number of aliphatic hydroxyl groups excluding tert-OH is 1. The fraction of sp³-hybridized carbons (Fsp3) is 0.407. The molecule has 1 saturated carbocycles. The molecule has 166 valence electrons. The van der Waals surface area contributed by atoms with E-state index in [0.29, 0.717) is 6.54 Å². The van der Waals surface area contributed by atoms with Gasteiger partial charge in [-0.15, -0.1) is 0 Å². The predicted molar refractivity (Wildman–Crippen MR) is 126 cm³/mol. The van der Waals surface area contributed by atoms with Crippen LogP contribution in [0.3, 0.4) is 0 Å². The highest BCUT2D eigenvalue weighted by molar-refractivity contribution is 5.99. The molecule has 1 fully saturated rings. The average molecular weight is 430 g/mol. The molecule has 1 aromatic heterocycles. The maximum Gasteiger partial charge on any atom is 0.254 e. The zero-order chi connectivity index (χ0) is 22.4. The molecule has 1 aliphatic carbocycles. The van der Waals surface area contributed by atoms with Crippen LogP contribution in [0.2, 0.25) is 0 Å². The van der Waals surface area contributed by atoms with Crippen molar-refractivity contribution in [3.05, 3.63) is 76.1 Å². The van der Waals surface area contributed by atoms with Gasteiger partial charge in [-0.05, 0) is 72.6 Å². The number of aliphatic hydroxyl groups is 1. The fourth-order valence-corrected chi connectivity index (χ4v) is 5.34. The summed E-state index contributed by atoms with van der Waals surface area (Å²) < 4.78 is 1.81. The Morgan fingerprint density at radius 1 is 1.06 bits per heavy atom. The first-order chi connectivity index (χ1) is 15.4. The van der Waals surface area contributed by atoms with Gasteiger partial charge in [0.05, 0.1) is 18.3 Å². The van der Waals surface area contributed by atoms with Gasteiger partial charge >= 0.3 is 0 Å². The van der Waals surface area contributed by atoms with E-state index in [1.165, 1.54) is 22.3 Å². The van der Waals surface area contributed by atoms with Crippen LogP contribution in [0.1, 0.15) is 63.9 Å². The Morgan fingerprint density at radius 2 is 1.81 bits per heavy atom. The van der Waals surface area contributed by atoms with Crippen molar-refractivity contribution < 1.29 is 9.90 Å². The standard InChI is InChI=1S/C27H31N3O2/c1-17-18(2)24-16-30(25-6-4-5-7-26(25)31)27(32)23(24)13-21(17)12-19-8-10-20(11-9-19)22-14-28-29(3)15-22/h8-11,13-15,25-26,31H,4-7,12,16H2,1-3H3/t25-,26-/m1/s1. The van der Waals surface area contributed by atoms with Crippen molar-refractivity contribution in [2.24, 2.45) is 7.05 Å². The van der Waals surface area contributed by atoms with E-state index in [1.807, 2.05) is 29.0 Å². The molecule has 5 rings (SSSR count). The number of carbonyl (C=O) groups excluding carboxylic acids is 1. The molecule has 1 amide bonds. The highest BCUT2D eigenvalue weighted by Gasteiger charge is 2.38. The Labute approximate surface area is 189 Å². The third kappa shape index (κ3) is 3.65. The summed E-state index contributed by atoms with van der Waals surface area (Å²) in [6, 6.07) is 10.7. The van der Waals surface area contributed by atoms with Crippen LogP contribution in [0.4, 0.5) is 0 Å². The zero-order valence-corrected chi connectivity index (χ0v) is 19.1. The Balaban J connectivity index is 1.40. The zero-order valence-electron chi connectivity index (χ0n) is 19.1. The van der Waals surface area contributed by atoms with Crippen LogP contribution < -0.4 is 0 Å². The van der Waals surface area contributed by atoms with Crippen molar-refractivity contribution >= 4 is 5.91 Å². The molecule has 2 aromatic carbocycles. The Bertz CT molecular complexity index is 1160. The summed E-state index contributed by atoms with van der Waals surface area (Å²) in [5, 5.41) is 14.8. The molecule has 5 nitrogen and oxygen atoms in total. The molecular weight excluding hydrogens is 398 g/mol. The molecule has 1 N–H and O–H groups in total. The van der Waals surface area contributed by atoms with Crippen LogP contribution in [0.25, 0.3) is 11.1 Å². The molecule has 2 aliphatic rings. The minimum atomic E-state index is -0.402. The normalized spacial score (nSPS) is 20.6. The molecular formula is C27H31N3O2. The average Bonchev–Trinajstić information content (AvgIpc) is 3.36. The molecule has 0 unspecified atom stereocenters. The van der Waals surface area contributed by atoms with Gasteiger partial charge in [0, 0.05) is 30.9 Å². The first kappa shape index (κ1) is 21.0. The van der Waals surface area contributed by atoms with Crippen LogP contribution in [-0.2, 0) is 20.0 Å². The molecule has 0 radical (unpaired) electrons. The Hall–Kier alpha value is -2.92. The minimum Gasteiger partial charge on any atom is -0.391 e. The van der Waals surface area contributed by atoms with E-state index in [1.54, 1.807) is 0 Å². The van der Waals surface area contributed by atoms with Gasteiger partial charge in [0.1, 0.15) is 0 Å². The van der Waals surface area contributed by atoms with Crippen LogP contribution in [0.15, 0.2) is 42.7 Å². The summed E-state index contributed by atoms with van der Waals surface area (Å²) in [4.78, 5) is 15.2. The summed E-state index contributed by atoms with van der Waals surface area (Å²) in [5.41, 5.74) is 9.14. The number of rotatable bonds is 4. The summed E-state index contributed by atoms with van der Waals surface area (Å²) in [5.74, 6) is 0.0854. The van der Waals surface area contributed by atoms with Gasteiger partial charge in [-0.2, -0.15) is 5.10 Å². The number of hydrogen-bond acceptors (Lipinski definition) is 3. The van der Waals surface area contributed by atoms with E-state index < -0.39 is 6.10 Å². The van der Waals surface area contributed by atoms with E-state index in [0.717, 1.165) is 54.4 Å². The summed E-state index contributed by atoms with van der Waals surface area (Å²) in [7, 11) is 1.92. The van der Waals surface area contributed by atoms with Gasteiger partial charge in [0.2, 0.25) is 0 Å². The van der Waals surface area contributed by atoms with Crippen LogP contribution in [-0.4, -0.2) is 37.8 Å². The molecule has 3 aromatic rings. The number of nitrogens with zero attached hydrogens (tertiary/aromatic N) is 3. The molecule has 0 bridgehead atoms. The van der Waals surface area contributed by atoms with Gasteiger partial charge in [-0.25, -0.2) is 0 Å². The third-order valence-electron chi connectivity index (χ3n) is 7.44. The highest BCUT2D eigenvalue weighted by Crippen LogP contribution is 2.35. The number of amides is 1. The van der Waals surface area contributed by atoms with Crippen LogP contribution in [0, 0.1) is 13.8 Å². The quantitative estimate of drug-likeness (QED) is 0.662. The predicted octanol–water partition coefficient (Wildman–Crippen LogP) is 4.55. The maximum atomic E-state index is 13.3. The van der Waals surface area contributed by atoms with Gasteiger partial charge in [0.25, 0.3) is 5.91 Å². The lowest BCUT2D eigenvalue weighted by atomic mass is 9.91. The SMILES string of the molecule is Cc1c(Cc2ccc(-c3cnn(C)c3)cc2)cc2c(c1C)CN([C@@H]1CCCC[C@H]1O)C2=O. The van der Waals surface area contributed by atoms with E-state index in [-0.39, 0.29) is 11.9 Å². The maximum absolute atomic E-state index is 13.3. The number of benzene rings is 2. The molecule has 5 heteroatoms. The molecule has 0 saturated heterocycles. The number of carbonyl (C=O) groups is 1. The topological polar surface area (TPSA) is 58.4 Å². The fourth-order valence-electron chi connectivity index (χ4n) is 5.34. The second kappa shape index (κ2) is 8.21. The number of aryl methyl sites for hydroxylation is 1. The number of aromatic nitrogens is 2. The van der Waals surface area contributed by atoms with E-state index >= 15 is 0 Å². The van der Waals surface area contributed by atoms with Gasteiger partial charge in [-0.1, -0.05) is 37.1 Å². The van der Waals surface area contributed by atoms with Crippen LogP contribution >= 0.6 is 0 Å². The molecule has 2 heterocycles. The molecule has 32 heavy (non-hydrogen) atoms. The monoisotopic (exact) mass is 429 g/mol. The third-order valence-corrected chi connectivity index (χ3v) is 7.44. The molecule has 1 aliphatic heterocycles. The summed E-state index contributed by atoms with van der Waals surface area (Å²) in [6.45, 7) is 4.93. The van der Waals surface area contributed by atoms with E-state index in [9.17, 15) is 9.90 Å². The summed E-state index contributed by atoms with van der Waals surface area (Å²) in [6.07, 6.45) is 8.12. The highest BCUT2D eigenvalue weighted by atomic mass is 16.3. The first-order valence-electron chi connectivity index (χ1n) is 11.6. The van der Waals surface area contributed by atoms with E-state index in [4.69, 9.17) is 0 Å². The lowest BCUT2D eigenvalue weighted by Crippen LogP contribution is -2.45. The van der Waals surface area contributed by atoms with Gasteiger partial charge < -0.3 is 10.0 Å². The van der Waals surface area contributed by atoms with Crippen LogP contribution in [0.5, 0.6) is 0 Å². The number of hydrogen-bond donors (Lipinski definition) is 1. The van der Waals surface area contributed by atoms with Crippen molar-refractivity contribution in [2.45, 2.75) is 64.6 Å². The minimum absolute atomic E-state index is 0.0492. The van der Waals surface area contributed by atoms with Crippen molar-refractivity contribution in [3.63, 3.8) is 0 Å². The summed E-state index contributed by atoms with van der Waals surface area (Å²) >= 11 is 0. The molecule has 2 atom stereocenters. The van der Waals surface area contributed by atoms with Gasteiger partial charge in [0.15, 0.2) is 0 Å². The van der Waals surface area contributed by atoms with Crippen molar-refractivity contribution in [3.8, 4) is 11.1 Å². The Kier molecular flexibility index (Phi) is 5.38. The van der Waals surface area contributed by atoms with Crippen molar-refractivity contribution in [1.29, 1.82) is 0 Å². The molecule has 0 spiro atoms. The van der Waals surface area contributed by atoms with Gasteiger partial charge in [-0.3, -0.25) is 9.48 Å². The lowest BCUT2D eigenvalue weighted by molar-refractivity contribution is 0.0191. The van der Waals surface area contributed by atoms with Crippen molar-refractivity contribution in [2.75, 3.05) is 0 Å². The second-order valence-electron chi connectivity index (χ2n) is 9.44. The second-order valence-corrected chi connectivity index (χ2v) is 9.44. The largest absolute Gasteiger partial charge is 0.391 e. The smallest absolute Gasteiger partial charge is 0.254 e. The number of fused-ring (bicyclic) bond motifs is 1. The Morgan fingerprint density at radius 3 is 2.50 bits per heavy atom. The van der Waals surface area contributed by atoms with Crippen molar-refractivity contribution in [1.82, 2.24) is 14.7 Å². The lowest BCUT2D eigenvalue weighted by Gasteiger charge is -2.35. The first-order valence-corrected chi connectivity index (χ1v) is 11.6.